The van der Waals surface area contributed by atoms with E-state index in [0.29, 0.717) is 0 Å². The molecule has 24 atom stereocenters. The van der Waals surface area contributed by atoms with E-state index < -0.39 is 192 Å². The van der Waals surface area contributed by atoms with Gasteiger partial charge in [0.25, 0.3) is 0 Å². The molecule has 0 spiro atoms. The van der Waals surface area contributed by atoms with E-state index in [1.54, 1.807) is 0 Å². The van der Waals surface area contributed by atoms with Crippen LogP contribution in [0.3, 0.4) is 0 Å². The number of rotatable bonds is 14. The van der Waals surface area contributed by atoms with E-state index in [0.717, 1.165) is 6.92 Å². The summed E-state index contributed by atoms with van der Waals surface area (Å²) in [5.74, 6) is -3.48. The fourth-order valence-electron chi connectivity index (χ4n) is 7.44. The minimum absolute atomic E-state index is 0.717. The minimum atomic E-state index is -2.63. The Bertz CT molecular complexity index is 1340. The van der Waals surface area contributed by atoms with Gasteiger partial charge < -0.3 is 130 Å². The summed E-state index contributed by atoms with van der Waals surface area (Å²) >= 11 is 0. The molecule has 0 aromatic rings. The summed E-state index contributed by atoms with van der Waals surface area (Å²) in [5, 5.41) is 170. The van der Waals surface area contributed by atoms with Crippen molar-refractivity contribution in [3.8, 4) is 0 Å². The van der Waals surface area contributed by atoms with Gasteiger partial charge in [0.1, 0.15) is 123 Å². The van der Waals surface area contributed by atoms with Crippen LogP contribution in [0.25, 0.3) is 0 Å². The lowest BCUT2D eigenvalue weighted by molar-refractivity contribution is -0.413. The molecule has 0 aliphatic carbocycles. The average molecular weight is 870 g/mol. The molecule has 0 saturated carbocycles. The van der Waals surface area contributed by atoms with Gasteiger partial charge in [0.2, 0.25) is 11.7 Å². The molecule has 5 fully saturated rings. The highest BCUT2D eigenvalue weighted by atomic mass is 16.8. The lowest BCUT2D eigenvalue weighted by Crippen LogP contribution is -2.71. The summed E-state index contributed by atoms with van der Waals surface area (Å²) < 4.78 is 50.6. The molecular formula is C32H55NO26. The van der Waals surface area contributed by atoms with Crippen LogP contribution in [-0.4, -0.2) is 274 Å². The van der Waals surface area contributed by atoms with Gasteiger partial charge in [-0.15, -0.1) is 0 Å². The number of ether oxygens (including phenoxy) is 9. The molecule has 17 N–H and O–H groups in total. The first-order chi connectivity index (χ1) is 27.9. The maximum atomic E-state index is 12.6. The number of hydrogen-bond donors (Lipinski definition) is 17. The van der Waals surface area contributed by atoms with Crippen LogP contribution in [0.15, 0.2) is 0 Å². The number of amides is 1. The molecule has 0 radical (unpaired) electrons. The van der Waals surface area contributed by atoms with Crippen molar-refractivity contribution in [2.75, 3.05) is 39.6 Å². The second-order valence-corrected chi connectivity index (χ2v) is 14.8. The number of aliphatic hydroxyl groups is 16. The summed E-state index contributed by atoms with van der Waals surface area (Å²) in [6.45, 7) is -4.77. The molecule has 1 unspecified atom stereocenters. The number of aliphatic hydroxyl groups excluding tert-OH is 16. The Balaban J connectivity index is 1.46. The maximum absolute atomic E-state index is 12.6. The standard InChI is InChI=1S/C32H55NO26/c1-8(39)33-14-24(57-31-26(19(45)16(42)10(2-34)55-31)59-32(7-38)27(49)15(41)9(40)6-51-32)17(43)11(3-35)53-29(14)58-25-18(44)12(4-36)54-30(22(25)48)56-23-13(5-37)52-28(50)21(47)20(23)46/h9-31,34-38,40-50H,2-7H2,1H3,(H,33,39)/t9-,10+,11+,12+,13+,14+,15-,16-,17+,18-,19-,20+,21+,22+,23+,24+,25-,26+,27+,28?,29-,30-,31-,32-/m0/s1. The van der Waals surface area contributed by atoms with Crippen molar-refractivity contribution in [3.63, 3.8) is 0 Å². The summed E-state index contributed by atoms with van der Waals surface area (Å²) in [5.41, 5.74) is 0. The van der Waals surface area contributed by atoms with Crippen LogP contribution >= 0.6 is 0 Å². The summed E-state index contributed by atoms with van der Waals surface area (Å²) in [7, 11) is 0. The van der Waals surface area contributed by atoms with Crippen molar-refractivity contribution in [1.29, 1.82) is 0 Å². The number of carbonyl (C=O) groups excluding carboxylic acids is 1. The van der Waals surface area contributed by atoms with Gasteiger partial charge in [0.05, 0.1) is 33.0 Å². The Morgan fingerprint density at radius 3 is 1.64 bits per heavy atom. The van der Waals surface area contributed by atoms with Crippen molar-refractivity contribution >= 4 is 5.91 Å². The van der Waals surface area contributed by atoms with Crippen molar-refractivity contribution in [1.82, 2.24) is 5.32 Å². The highest BCUT2D eigenvalue weighted by molar-refractivity contribution is 5.73. The van der Waals surface area contributed by atoms with Gasteiger partial charge in [0, 0.05) is 6.92 Å². The van der Waals surface area contributed by atoms with E-state index in [1.165, 1.54) is 0 Å². The van der Waals surface area contributed by atoms with Crippen LogP contribution in [0, 0.1) is 0 Å². The fourth-order valence-corrected chi connectivity index (χ4v) is 7.44. The highest BCUT2D eigenvalue weighted by Gasteiger charge is 2.59. The molecule has 27 nitrogen and oxygen atoms in total. The van der Waals surface area contributed by atoms with Crippen LogP contribution in [0.4, 0.5) is 0 Å². The third-order valence-corrected chi connectivity index (χ3v) is 10.8. The minimum Gasteiger partial charge on any atom is -0.394 e. The third kappa shape index (κ3) is 9.84. The molecule has 344 valence electrons. The van der Waals surface area contributed by atoms with Crippen molar-refractivity contribution < 1.29 is 129 Å². The molecule has 1 amide bonds. The molecule has 5 rings (SSSR count). The summed E-state index contributed by atoms with van der Waals surface area (Å²) in [4.78, 5) is 12.6. The van der Waals surface area contributed by atoms with Crippen LogP contribution < -0.4 is 5.32 Å². The lowest BCUT2D eigenvalue weighted by atomic mass is 9.93. The zero-order valence-electron chi connectivity index (χ0n) is 31.3. The predicted octanol–water partition coefficient (Wildman–Crippen LogP) is -11.8. The van der Waals surface area contributed by atoms with Crippen LogP contribution in [-0.2, 0) is 47.4 Å². The molecule has 0 aromatic carbocycles. The molecular weight excluding hydrogens is 814 g/mol. The first-order valence-electron chi connectivity index (χ1n) is 18.6. The second-order valence-electron chi connectivity index (χ2n) is 14.8. The van der Waals surface area contributed by atoms with E-state index >= 15 is 0 Å². The highest BCUT2D eigenvalue weighted by Crippen LogP contribution is 2.37. The largest absolute Gasteiger partial charge is 0.394 e. The van der Waals surface area contributed by atoms with E-state index in [-0.39, 0.29) is 0 Å². The fraction of sp³-hybridized carbons (Fsp3) is 0.969. The normalized spacial score (nSPS) is 51.0. The van der Waals surface area contributed by atoms with Gasteiger partial charge in [-0.3, -0.25) is 4.79 Å². The quantitative estimate of drug-likeness (QED) is 0.0770. The molecule has 0 aromatic heterocycles. The molecule has 27 heteroatoms. The SMILES string of the molecule is CC(=O)N[C@H]1[C@H](O[C@H]2[C@@H](O)[C@@H](CO)O[C@@H](O[C@H]3[C@H](O)[C@@H](O)C(O)O[C@@H]3CO)[C@@H]2O)O[C@H](CO)[C@@H](O)[C@@H]1O[C@@H]1O[C@H](CO)[C@H](O)[C@H](O)[C@H]1O[C@]1(CO)OC[C@H](O)[C@H](O)[C@H]1O. The Hall–Kier alpha value is -1.53. The molecule has 5 heterocycles. The van der Waals surface area contributed by atoms with Crippen LogP contribution in [0.2, 0.25) is 0 Å². The van der Waals surface area contributed by atoms with Gasteiger partial charge in [-0.25, -0.2) is 0 Å². The van der Waals surface area contributed by atoms with Gasteiger partial charge in [-0.05, 0) is 0 Å². The van der Waals surface area contributed by atoms with Crippen molar-refractivity contribution in [2.24, 2.45) is 0 Å². The van der Waals surface area contributed by atoms with Crippen LogP contribution in [0.5, 0.6) is 0 Å². The van der Waals surface area contributed by atoms with Gasteiger partial charge >= 0.3 is 0 Å². The predicted molar refractivity (Wildman–Crippen MR) is 178 cm³/mol. The average Bonchev–Trinajstić information content (AvgIpc) is 3.21. The van der Waals surface area contributed by atoms with E-state index in [9.17, 15) is 86.5 Å². The Morgan fingerprint density at radius 2 is 1.07 bits per heavy atom. The van der Waals surface area contributed by atoms with Crippen molar-refractivity contribution in [2.45, 2.75) is 154 Å². The third-order valence-electron chi connectivity index (χ3n) is 10.8. The van der Waals surface area contributed by atoms with Gasteiger partial charge in [-0.2, -0.15) is 0 Å². The Kier molecular flexibility index (Phi) is 16.7. The molecule has 5 saturated heterocycles. The Labute approximate surface area is 333 Å². The monoisotopic (exact) mass is 869 g/mol. The zero-order valence-corrected chi connectivity index (χ0v) is 31.3. The van der Waals surface area contributed by atoms with Crippen molar-refractivity contribution in [3.05, 3.63) is 0 Å². The Morgan fingerprint density at radius 1 is 0.559 bits per heavy atom. The number of hydrogen-bond acceptors (Lipinski definition) is 26. The van der Waals surface area contributed by atoms with E-state index in [1.807, 2.05) is 0 Å². The lowest BCUT2D eigenvalue weighted by Gasteiger charge is -2.51. The first-order valence-corrected chi connectivity index (χ1v) is 18.6. The molecule has 0 bridgehead atoms. The zero-order chi connectivity index (χ0) is 43.7. The summed E-state index contributed by atoms with van der Waals surface area (Å²) in [6, 6.07) is -1.77. The number of carbonyl (C=O) groups is 1. The van der Waals surface area contributed by atoms with Crippen LogP contribution in [0.1, 0.15) is 6.92 Å². The number of nitrogens with one attached hydrogen (secondary N) is 1. The van der Waals surface area contributed by atoms with Gasteiger partial charge in [-0.1, -0.05) is 0 Å². The second kappa shape index (κ2) is 20.3. The first kappa shape index (κ1) is 48.5. The molecule has 59 heavy (non-hydrogen) atoms. The van der Waals surface area contributed by atoms with Gasteiger partial charge in [0.15, 0.2) is 25.2 Å². The molecule has 5 aliphatic rings. The summed E-state index contributed by atoms with van der Waals surface area (Å²) in [6.07, 6.45) is -42.0. The van der Waals surface area contributed by atoms with E-state index in [4.69, 9.17) is 42.6 Å². The maximum Gasteiger partial charge on any atom is 0.221 e. The molecule has 5 aliphatic heterocycles. The van der Waals surface area contributed by atoms with E-state index in [2.05, 4.69) is 5.32 Å². The smallest absolute Gasteiger partial charge is 0.221 e. The topological polar surface area (TPSA) is 436 Å².